The van der Waals surface area contributed by atoms with Gasteiger partial charge in [0.05, 0.1) is 12.5 Å². The Bertz CT molecular complexity index is 926. The molecule has 1 fully saturated rings. The average molecular weight is 326 g/mol. The molecule has 8 heteroatoms. The van der Waals surface area contributed by atoms with Crippen LogP contribution < -0.4 is 21.1 Å². The highest BCUT2D eigenvalue weighted by Gasteiger charge is 2.19. The van der Waals surface area contributed by atoms with Crippen LogP contribution in [0.1, 0.15) is 6.42 Å². The van der Waals surface area contributed by atoms with Gasteiger partial charge in [0.15, 0.2) is 5.82 Å². The molecule has 0 amide bonds. The number of nitrogens with zero attached hydrogens (tertiary/aromatic N) is 2. The number of pyridine rings is 1. The van der Waals surface area contributed by atoms with Crippen LogP contribution in [0, 0.1) is 0 Å². The fraction of sp³-hybridized carbons (Fsp3) is 0.312. The van der Waals surface area contributed by atoms with Gasteiger partial charge in [-0.3, -0.25) is 4.98 Å². The topological polar surface area (TPSA) is 108 Å². The molecule has 0 radical (unpaired) electrons. The van der Waals surface area contributed by atoms with Gasteiger partial charge >= 0.3 is 5.69 Å². The van der Waals surface area contributed by atoms with Crippen LogP contribution in [0.5, 0.6) is 5.75 Å². The number of aromatic nitrogens is 4. The highest BCUT2D eigenvalue weighted by molar-refractivity contribution is 5.98. The lowest BCUT2D eigenvalue weighted by molar-refractivity contribution is 0.420. The Morgan fingerprint density at radius 2 is 2.29 bits per heavy atom. The van der Waals surface area contributed by atoms with Crippen LogP contribution in [0.2, 0.25) is 0 Å². The number of anilines is 1. The molecule has 1 atom stereocenters. The molecular weight excluding hydrogens is 308 g/mol. The number of ether oxygens (including phenoxy) is 1. The van der Waals surface area contributed by atoms with Crippen molar-refractivity contribution in [3.05, 3.63) is 34.7 Å². The van der Waals surface area contributed by atoms with Crippen LogP contribution in [-0.4, -0.2) is 46.4 Å². The fourth-order valence-corrected chi connectivity index (χ4v) is 3.04. The van der Waals surface area contributed by atoms with Gasteiger partial charge in [0.1, 0.15) is 17.3 Å². The van der Waals surface area contributed by atoms with Crippen molar-refractivity contribution < 1.29 is 4.74 Å². The summed E-state index contributed by atoms with van der Waals surface area (Å²) >= 11 is 0. The Labute approximate surface area is 137 Å². The predicted octanol–water partition coefficient (Wildman–Crippen LogP) is 1.10. The first kappa shape index (κ1) is 14.7. The Morgan fingerprint density at radius 1 is 1.38 bits per heavy atom. The molecule has 24 heavy (non-hydrogen) atoms. The van der Waals surface area contributed by atoms with Gasteiger partial charge < -0.3 is 15.4 Å². The maximum Gasteiger partial charge on any atom is 0.340 e. The lowest BCUT2D eigenvalue weighted by Crippen LogP contribution is -2.23. The Morgan fingerprint density at radius 3 is 3.00 bits per heavy atom. The molecule has 2 aromatic heterocycles. The van der Waals surface area contributed by atoms with Crippen molar-refractivity contribution in [1.82, 2.24) is 25.5 Å². The number of hydrogen-bond acceptors (Lipinski definition) is 6. The summed E-state index contributed by atoms with van der Waals surface area (Å²) in [7, 11) is 1.65. The standard InChI is InChI=1S/C16H18N6O2/c1-24-12-4-2-3-9-7-11(14-20-16(23)22-21-14)19-15(13(9)12)18-10-5-6-17-8-10/h2-4,7,10,17H,5-6,8H2,1H3,(H,18,19)(H2,20,21,22,23)/t10-/m0/s1. The third kappa shape index (κ3) is 2.61. The van der Waals surface area contributed by atoms with E-state index in [1.54, 1.807) is 7.11 Å². The highest BCUT2D eigenvalue weighted by Crippen LogP contribution is 2.34. The van der Waals surface area contributed by atoms with Crippen molar-refractivity contribution in [2.24, 2.45) is 0 Å². The van der Waals surface area contributed by atoms with Crippen LogP contribution in [0.25, 0.3) is 22.3 Å². The summed E-state index contributed by atoms with van der Waals surface area (Å²) in [6, 6.07) is 8.03. The van der Waals surface area contributed by atoms with Gasteiger partial charge in [-0.1, -0.05) is 12.1 Å². The van der Waals surface area contributed by atoms with E-state index in [1.165, 1.54) is 0 Å². The Balaban J connectivity index is 1.88. The van der Waals surface area contributed by atoms with Gasteiger partial charge in [0, 0.05) is 12.6 Å². The molecule has 0 spiro atoms. The van der Waals surface area contributed by atoms with E-state index in [0.717, 1.165) is 41.9 Å². The molecule has 1 aromatic carbocycles. The van der Waals surface area contributed by atoms with Crippen LogP contribution in [0.4, 0.5) is 5.82 Å². The van der Waals surface area contributed by atoms with Crippen molar-refractivity contribution in [2.45, 2.75) is 12.5 Å². The maximum atomic E-state index is 11.3. The van der Waals surface area contributed by atoms with E-state index in [2.05, 4.69) is 30.8 Å². The van der Waals surface area contributed by atoms with E-state index in [9.17, 15) is 4.79 Å². The summed E-state index contributed by atoms with van der Waals surface area (Å²) in [5.74, 6) is 1.91. The van der Waals surface area contributed by atoms with Gasteiger partial charge in [0.25, 0.3) is 0 Å². The number of rotatable bonds is 4. The first-order valence-electron chi connectivity index (χ1n) is 7.84. The van der Waals surface area contributed by atoms with E-state index in [-0.39, 0.29) is 5.69 Å². The smallest absolute Gasteiger partial charge is 0.340 e. The van der Waals surface area contributed by atoms with Gasteiger partial charge in [-0.2, -0.15) is 5.10 Å². The van der Waals surface area contributed by atoms with E-state index >= 15 is 0 Å². The number of aromatic amines is 2. The second-order valence-corrected chi connectivity index (χ2v) is 5.77. The van der Waals surface area contributed by atoms with Gasteiger partial charge in [0.2, 0.25) is 0 Å². The third-order valence-corrected chi connectivity index (χ3v) is 4.18. The number of H-pyrrole nitrogens is 2. The summed E-state index contributed by atoms with van der Waals surface area (Å²) in [5, 5.41) is 15.1. The van der Waals surface area contributed by atoms with Crippen molar-refractivity contribution >= 4 is 16.6 Å². The molecule has 4 N–H and O–H groups in total. The molecule has 3 aromatic rings. The van der Waals surface area contributed by atoms with Crippen molar-refractivity contribution in [3.8, 4) is 17.3 Å². The van der Waals surface area contributed by atoms with E-state index in [4.69, 9.17) is 4.74 Å². The van der Waals surface area contributed by atoms with Crippen LogP contribution >= 0.6 is 0 Å². The minimum atomic E-state index is -0.355. The van der Waals surface area contributed by atoms with Crippen molar-refractivity contribution in [2.75, 3.05) is 25.5 Å². The first-order valence-corrected chi connectivity index (χ1v) is 7.84. The van der Waals surface area contributed by atoms with E-state index in [0.29, 0.717) is 17.6 Å². The van der Waals surface area contributed by atoms with Gasteiger partial charge in [-0.25, -0.2) is 14.9 Å². The molecular formula is C16H18N6O2. The summed E-state index contributed by atoms with van der Waals surface area (Å²) in [6.07, 6.45) is 1.03. The third-order valence-electron chi connectivity index (χ3n) is 4.18. The molecule has 0 bridgehead atoms. The highest BCUT2D eigenvalue weighted by atomic mass is 16.5. The second kappa shape index (κ2) is 5.97. The summed E-state index contributed by atoms with van der Waals surface area (Å²) in [5.41, 5.74) is 0.245. The molecule has 3 heterocycles. The molecule has 4 rings (SSSR count). The number of methoxy groups -OCH3 is 1. The molecule has 124 valence electrons. The molecule has 1 aliphatic rings. The van der Waals surface area contributed by atoms with Gasteiger partial charge in [-0.15, -0.1) is 0 Å². The van der Waals surface area contributed by atoms with Crippen molar-refractivity contribution in [1.29, 1.82) is 0 Å². The summed E-state index contributed by atoms with van der Waals surface area (Å²) in [4.78, 5) is 18.7. The minimum absolute atomic E-state index is 0.305. The maximum absolute atomic E-state index is 11.3. The number of fused-ring (bicyclic) bond motifs is 1. The quantitative estimate of drug-likeness (QED) is 0.572. The van der Waals surface area contributed by atoms with Crippen LogP contribution in [-0.2, 0) is 0 Å². The lowest BCUT2D eigenvalue weighted by atomic mass is 10.1. The molecule has 1 saturated heterocycles. The summed E-state index contributed by atoms with van der Waals surface area (Å²) in [6.45, 7) is 1.88. The number of hydrogen-bond donors (Lipinski definition) is 4. The molecule has 0 saturated carbocycles. The largest absolute Gasteiger partial charge is 0.496 e. The van der Waals surface area contributed by atoms with Crippen LogP contribution in [0.15, 0.2) is 29.1 Å². The van der Waals surface area contributed by atoms with E-state index < -0.39 is 0 Å². The minimum Gasteiger partial charge on any atom is -0.496 e. The molecule has 0 aliphatic carbocycles. The SMILES string of the molecule is COc1cccc2cc(-c3n[nH]c(=O)[nH]3)nc(N[C@H]3CCNC3)c12. The zero-order valence-electron chi connectivity index (χ0n) is 13.2. The van der Waals surface area contributed by atoms with Crippen molar-refractivity contribution in [3.63, 3.8) is 0 Å². The zero-order valence-corrected chi connectivity index (χ0v) is 13.2. The van der Waals surface area contributed by atoms with Gasteiger partial charge in [-0.05, 0) is 30.5 Å². The summed E-state index contributed by atoms with van der Waals surface area (Å²) < 4.78 is 5.51. The lowest BCUT2D eigenvalue weighted by Gasteiger charge is -2.17. The zero-order chi connectivity index (χ0) is 16.5. The normalized spacial score (nSPS) is 17.3. The Kier molecular flexibility index (Phi) is 3.66. The van der Waals surface area contributed by atoms with Crippen LogP contribution in [0.3, 0.4) is 0 Å². The first-order chi connectivity index (χ1) is 11.7. The fourth-order valence-electron chi connectivity index (χ4n) is 3.04. The predicted molar refractivity (Wildman–Crippen MR) is 91.4 cm³/mol. The number of benzene rings is 1. The Hall–Kier alpha value is -2.87. The molecule has 1 aliphatic heterocycles. The number of nitrogens with one attached hydrogen (secondary N) is 4. The molecule has 0 unspecified atom stereocenters. The molecule has 8 nitrogen and oxygen atoms in total. The second-order valence-electron chi connectivity index (χ2n) is 5.77. The monoisotopic (exact) mass is 326 g/mol. The average Bonchev–Trinajstić information content (AvgIpc) is 3.25. The van der Waals surface area contributed by atoms with E-state index in [1.807, 2.05) is 24.3 Å².